The fourth-order valence-electron chi connectivity index (χ4n) is 5.53. The molecule has 14 heteroatoms. The van der Waals surface area contributed by atoms with E-state index in [1.165, 1.54) is 34.2 Å². The van der Waals surface area contributed by atoms with Crippen LogP contribution in [0.25, 0.3) is 5.69 Å². The molecule has 0 aliphatic carbocycles. The molecular formula is C36H42F2N8O4. The largest absolute Gasteiger partial charge is 0.488 e. The zero-order chi connectivity index (χ0) is 35.3. The Hall–Kier alpha value is -5.08. The van der Waals surface area contributed by atoms with E-state index < -0.39 is 23.5 Å². The summed E-state index contributed by atoms with van der Waals surface area (Å²) in [7, 11) is 0. The third-order valence-electron chi connectivity index (χ3n) is 8.99. The SMILES string of the molecule is CC(Cn1ncn(-c2ccc(NCCNc3ccc(OC[C@H]4OCC(Cn5cncn5)(c5ccc(F)cc5F)O4)cc3)cc2)c1=O)C(C)(C)C. The molecule has 0 bridgehead atoms. The average Bonchev–Trinajstić information content (AvgIpc) is 3.84. The number of hydrogen-bond donors (Lipinski definition) is 2. The van der Waals surface area contributed by atoms with E-state index in [1.54, 1.807) is 10.9 Å². The van der Waals surface area contributed by atoms with E-state index in [2.05, 4.69) is 53.5 Å². The van der Waals surface area contributed by atoms with Gasteiger partial charge in [0, 0.05) is 42.6 Å². The van der Waals surface area contributed by atoms with Gasteiger partial charge in [-0.15, -0.1) is 0 Å². The van der Waals surface area contributed by atoms with Crippen LogP contribution in [0.2, 0.25) is 0 Å². The van der Waals surface area contributed by atoms with E-state index in [0.717, 1.165) is 23.1 Å². The highest BCUT2D eigenvalue weighted by Gasteiger charge is 2.45. The van der Waals surface area contributed by atoms with Crippen LogP contribution in [0, 0.1) is 23.0 Å². The van der Waals surface area contributed by atoms with Crippen molar-refractivity contribution < 1.29 is 23.0 Å². The molecule has 50 heavy (non-hydrogen) atoms. The summed E-state index contributed by atoms with van der Waals surface area (Å²) in [5.41, 5.74) is 1.47. The highest BCUT2D eigenvalue weighted by molar-refractivity contribution is 5.50. The Morgan fingerprint density at radius 2 is 1.68 bits per heavy atom. The molecule has 1 aliphatic rings. The number of nitrogens with one attached hydrogen (secondary N) is 2. The molecule has 3 atom stereocenters. The summed E-state index contributed by atoms with van der Waals surface area (Å²) in [6.45, 7) is 10.7. The molecule has 0 amide bonds. The van der Waals surface area contributed by atoms with Crippen molar-refractivity contribution in [1.82, 2.24) is 29.1 Å². The van der Waals surface area contributed by atoms with Crippen LogP contribution in [0.1, 0.15) is 33.3 Å². The summed E-state index contributed by atoms with van der Waals surface area (Å²) in [4.78, 5) is 16.9. The van der Waals surface area contributed by atoms with Gasteiger partial charge in [-0.1, -0.05) is 33.8 Å². The zero-order valence-electron chi connectivity index (χ0n) is 28.6. The lowest BCUT2D eigenvalue weighted by Gasteiger charge is -2.28. The highest BCUT2D eigenvalue weighted by atomic mass is 19.1. The number of anilines is 2. The summed E-state index contributed by atoms with van der Waals surface area (Å²) in [6, 6.07) is 18.5. The number of nitrogens with zero attached hydrogens (tertiary/aromatic N) is 6. The molecule has 0 saturated carbocycles. The Kier molecular flexibility index (Phi) is 10.3. The first-order valence-electron chi connectivity index (χ1n) is 16.5. The molecule has 5 aromatic rings. The second-order valence-electron chi connectivity index (χ2n) is 13.5. The van der Waals surface area contributed by atoms with Gasteiger partial charge in [-0.05, 0) is 65.9 Å². The van der Waals surface area contributed by atoms with Crippen molar-refractivity contribution in [2.75, 3.05) is 36.9 Å². The molecule has 2 unspecified atom stereocenters. The van der Waals surface area contributed by atoms with E-state index in [9.17, 15) is 13.6 Å². The number of hydrogen-bond acceptors (Lipinski definition) is 9. The number of rotatable bonds is 14. The lowest BCUT2D eigenvalue weighted by Crippen LogP contribution is -2.36. The van der Waals surface area contributed by atoms with Crippen LogP contribution in [0.4, 0.5) is 20.2 Å². The monoisotopic (exact) mass is 688 g/mol. The van der Waals surface area contributed by atoms with Crippen molar-refractivity contribution in [3.05, 3.63) is 113 Å². The predicted molar refractivity (Wildman–Crippen MR) is 184 cm³/mol. The Balaban J connectivity index is 0.955. The Morgan fingerprint density at radius 1 is 0.980 bits per heavy atom. The van der Waals surface area contributed by atoms with Gasteiger partial charge in [-0.25, -0.2) is 32.5 Å². The van der Waals surface area contributed by atoms with E-state index in [1.807, 2.05) is 48.5 Å². The van der Waals surface area contributed by atoms with Crippen molar-refractivity contribution in [3.63, 3.8) is 0 Å². The third kappa shape index (κ3) is 8.20. The van der Waals surface area contributed by atoms with Gasteiger partial charge >= 0.3 is 5.69 Å². The first-order valence-corrected chi connectivity index (χ1v) is 16.5. The summed E-state index contributed by atoms with van der Waals surface area (Å²) in [6.07, 6.45) is 3.65. The zero-order valence-corrected chi connectivity index (χ0v) is 28.6. The quantitative estimate of drug-likeness (QED) is 0.147. The fourth-order valence-corrected chi connectivity index (χ4v) is 5.53. The van der Waals surface area contributed by atoms with Crippen LogP contribution in [0.3, 0.4) is 0 Å². The summed E-state index contributed by atoms with van der Waals surface area (Å²) in [5, 5.41) is 15.2. The minimum atomic E-state index is -1.24. The number of aromatic nitrogens is 6. The predicted octanol–water partition coefficient (Wildman–Crippen LogP) is 5.46. The highest BCUT2D eigenvalue weighted by Crippen LogP contribution is 2.37. The number of halogens is 2. The lowest BCUT2D eigenvalue weighted by atomic mass is 9.82. The first-order chi connectivity index (χ1) is 24.0. The van der Waals surface area contributed by atoms with Gasteiger partial charge in [0.1, 0.15) is 48.6 Å². The standard InChI is InChI=1S/C36H42F2N8O4/c1-25(35(2,3)4)18-46-34(47)45(24-43-46)29-10-6-27(7-11-29)40-15-16-41-28-8-12-30(13-9-28)48-19-33-49-21-36(50-33,20-44-23-39-22-42-44)31-14-5-26(37)17-32(31)38/h5-14,17,22-25,33,40-41H,15-16,18-21H2,1-4H3/t25?,33-,36?/m0/s1. The lowest BCUT2D eigenvalue weighted by molar-refractivity contribution is -0.117. The molecule has 1 saturated heterocycles. The molecule has 0 spiro atoms. The first kappa shape index (κ1) is 34.8. The molecule has 0 radical (unpaired) electrons. The number of benzene rings is 3. The molecule has 3 heterocycles. The Labute approximate surface area is 289 Å². The molecule has 264 valence electrons. The van der Waals surface area contributed by atoms with Crippen molar-refractivity contribution >= 4 is 11.4 Å². The van der Waals surface area contributed by atoms with Crippen molar-refractivity contribution in [3.8, 4) is 11.4 Å². The molecule has 2 N–H and O–H groups in total. The van der Waals surface area contributed by atoms with E-state index in [4.69, 9.17) is 14.2 Å². The van der Waals surface area contributed by atoms with Gasteiger partial charge in [0.25, 0.3) is 0 Å². The molecule has 6 rings (SSSR count). The smallest absolute Gasteiger partial charge is 0.350 e. The maximum absolute atomic E-state index is 14.9. The van der Waals surface area contributed by atoms with Crippen LogP contribution in [-0.2, 0) is 28.2 Å². The summed E-state index contributed by atoms with van der Waals surface area (Å²) < 4.78 is 51.1. The van der Waals surface area contributed by atoms with E-state index in [-0.39, 0.29) is 36.4 Å². The van der Waals surface area contributed by atoms with Crippen LogP contribution >= 0.6 is 0 Å². The summed E-state index contributed by atoms with van der Waals surface area (Å²) in [5.74, 6) is -0.505. The molecule has 1 fully saturated rings. The van der Waals surface area contributed by atoms with Crippen LogP contribution in [0.15, 0.2) is 90.5 Å². The van der Waals surface area contributed by atoms with Crippen LogP contribution in [-0.4, -0.2) is 61.7 Å². The molecule has 3 aromatic carbocycles. The van der Waals surface area contributed by atoms with Crippen LogP contribution in [0.5, 0.6) is 5.75 Å². The number of ether oxygens (including phenoxy) is 3. The topological polar surface area (TPSA) is 122 Å². The van der Waals surface area contributed by atoms with Crippen molar-refractivity contribution in [2.24, 2.45) is 11.3 Å². The molecule has 1 aliphatic heterocycles. The van der Waals surface area contributed by atoms with Crippen molar-refractivity contribution in [2.45, 2.75) is 52.7 Å². The van der Waals surface area contributed by atoms with Gasteiger partial charge in [-0.2, -0.15) is 10.2 Å². The second-order valence-corrected chi connectivity index (χ2v) is 13.5. The minimum Gasteiger partial charge on any atom is -0.488 e. The maximum Gasteiger partial charge on any atom is 0.350 e. The van der Waals surface area contributed by atoms with Crippen LogP contribution < -0.4 is 21.1 Å². The molecular weight excluding hydrogens is 646 g/mol. The van der Waals surface area contributed by atoms with Gasteiger partial charge < -0.3 is 24.8 Å². The van der Waals surface area contributed by atoms with Gasteiger partial charge in [0.05, 0.1) is 18.8 Å². The van der Waals surface area contributed by atoms with Gasteiger partial charge in [0.2, 0.25) is 0 Å². The van der Waals surface area contributed by atoms with Gasteiger partial charge in [0.15, 0.2) is 6.29 Å². The van der Waals surface area contributed by atoms with E-state index >= 15 is 0 Å². The maximum atomic E-state index is 14.9. The third-order valence-corrected chi connectivity index (χ3v) is 8.99. The fraction of sp³-hybridized carbons (Fsp3) is 0.389. The average molecular weight is 689 g/mol. The normalized spacial score (nSPS) is 18.2. The molecule has 2 aromatic heterocycles. The minimum absolute atomic E-state index is 0.0212. The van der Waals surface area contributed by atoms with E-state index in [0.29, 0.717) is 31.3 Å². The Bertz CT molecular complexity index is 1910. The Morgan fingerprint density at radius 3 is 2.32 bits per heavy atom. The van der Waals surface area contributed by atoms with Crippen molar-refractivity contribution in [1.29, 1.82) is 0 Å². The second kappa shape index (κ2) is 14.8. The van der Waals surface area contributed by atoms with Gasteiger partial charge in [-0.3, -0.25) is 0 Å². The summed E-state index contributed by atoms with van der Waals surface area (Å²) >= 11 is 0. The molecule has 12 nitrogen and oxygen atoms in total.